The average Bonchev–Trinajstić information content (AvgIpc) is 2.95. The van der Waals surface area contributed by atoms with E-state index in [-0.39, 0.29) is 0 Å². The lowest BCUT2D eigenvalue weighted by Crippen LogP contribution is -2.35. The summed E-state index contributed by atoms with van der Waals surface area (Å²) in [5.74, 6) is 0. The van der Waals surface area contributed by atoms with Gasteiger partial charge in [0.25, 0.3) is 0 Å². The van der Waals surface area contributed by atoms with E-state index in [0.29, 0.717) is 12.1 Å². The lowest BCUT2D eigenvalue weighted by atomic mass is 9.97. The van der Waals surface area contributed by atoms with Crippen LogP contribution in [0.15, 0.2) is 37.1 Å². The molecule has 1 saturated heterocycles. The normalized spacial score (nSPS) is 22.9. The van der Waals surface area contributed by atoms with Crippen molar-refractivity contribution in [2.75, 3.05) is 0 Å². The molecule has 0 bridgehead atoms. The fraction of sp³-hybridized carbons (Fsp3) is 0.500. The Kier molecular flexibility index (Phi) is 4.11. The van der Waals surface area contributed by atoms with Gasteiger partial charge in [0.05, 0.1) is 12.0 Å². The quantitative estimate of drug-likeness (QED) is 0.929. The summed E-state index contributed by atoms with van der Waals surface area (Å²) in [6.07, 6.45) is 12.5. The molecule has 1 aliphatic heterocycles. The van der Waals surface area contributed by atoms with Gasteiger partial charge in [0.2, 0.25) is 0 Å². The van der Waals surface area contributed by atoms with E-state index in [9.17, 15) is 0 Å². The molecule has 2 unspecified atom stereocenters. The molecule has 1 N–H and O–H groups in total. The number of aryl methyl sites for hydroxylation is 2. The maximum absolute atomic E-state index is 4.35. The van der Waals surface area contributed by atoms with Crippen LogP contribution in [-0.4, -0.2) is 20.6 Å². The second kappa shape index (κ2) is 6.18. The third-order valence-corrected chi connectivity index (χ3v) is 4.11. The molecule has 0 radical (unpaired) electrons. The van der Waals surface area contributed by atoms with E-state index >= 15 is 0 Å². The molecule has 3 heterocycles. The highest BCUT2D eigenvalue weighted by Gasteiger charge is 2.21. The minimum atomic E-state index is 0.457. The summed E-state index contributed by atoms with van der Waals surface area (Å²) in [6.45, 7) is 3.25. The van der Waals surface area contributed by atoms with E-state index in [0.717, 1.165) is 13.0 Å². The number of piperidine rings is 1. The van der Waals surface area contributed by atoms with Crippen LogP contribution < -0.4 is 5.32 Å². The first kappa shape index (κ1) is 13.3. The van der Waals surface area contributed by atoms with Crippen LogP contribution in [0.2, 0.25) is 0 Å². The molecule has 0 amide bonds. The number of pyridine rings is 1. The molecule has 0 saturated carbocycles. The summed E-state index contributed by atoms with van der Waals surface area (Å²) in [4.78, 5) is 8.41. The van der Waals surface area contributed by atoms with Crippen LogP contribution in [0.25, 0.3) is 0 Å². The van der Waals surface area contributed by atoms with Crippen molar-refractivity contribution in [2.24, 2.45) is 0 Å². The van der Waals surface area contributed by atoms with E-state index in [2.05, 4.69) is 38.9 Å². The van der Waals surface area contributed by atoms with Crippen molar-refractivity contribution < 1.29 is 0 Å². The zero-order valence-electron chi connectivity index (χ0n) is 12.0. The summed E-state index contributed by atoms with van der Waals surface area (Å²) in [5.41, 5.74) is 2.65. The Morgan fingerprint density at radius 3 is 2.90 bits per heavy atom. The van der Waals surface area contributed by atoms with Crippen molar-refractivity contribution in [1.82, 2.24) is 19.9 Å². The van der Waals surface area contributed by atoms with Gasteiger partial charge >= 0.3 is 0 Å². The zero-order valence-corrected chi connectivity index (χ0v) is 12.0. The Morgan fingerprint density at radius 1 is 1.25 bits per heavy atom. The number of aromatic nitrogens is 3. The number of rotatable bonds is 4. The third kappa shape index (κ3) is 3.07. The van der Waals surface area contributed by atoms with Crippen LogP contribution in [0.3, 0.4) is 0 Å². The highest BCUT2D eigenvalue weighted by atomic mass is 15.1. The maximum atomic E-state index is 4.35. The Hall–Kier alpha value is -1.68. The van der Waals surface area contributed by atoms with E-state index in [1.54, 1.807) is 0 Å². The molecule has 0 spiro atoms. The van der Waals surface area contributed by atoms with Crippen molar-refractivity contribution in [2.45, 2.75) is 51.2 Å². The fourth-order valence-corrected chi connectivity index (χ4v) is 2.98. The highest BCUT2D eigenvalue weighted by Crippen LogP contribution is 2.25. The number of hydrogen-bond acceptors (Lipinski definition) is 3. The molecule has 0 aliphatic carbocycles. The van der Waals surface area contributed by atoms with Crippen molar-refractivity contribution in [3.05, 3.63) is 48.3 Å². The number of imidazole rings is 1. The molecule has 20 heavy (non-hydrogen) atoms. The maximum Gasteiger partial charge on any atom is 0.0948 e. The summed E-state index contributed by atoms with van der Waals surface area (Å²) < 4.78 is 2.29. The van der Waals surface area contributed by atoms with Crippen LogP contribution in [0.4, 0.5) is 0 Å². The van der Waals surface area contributed by atoms with E-state index in [4.69, 9.17) is 0 Å². The lowest BCUT2D eigenvalue weighted by Gasteiger charge is -2.29. The fourth-order valence-electron chi connectivity index (χ4n) is 2.98. The smallest absolute Gasteiger partial charge is 0.0948 e. The summed E-state index contributed by atoms with van der Waals surface area (Å²) in [5, 5.41) is 3.69. The van der Waals surface area contributed by atoms with Gasteiger partial charge in [-0.3, -0.25) is 4.98 Å². The van der Waals surface area contributed by atoms with Gasteiger partial charge in [0, 0.05) is 37.2 Å². The average molecular weight is 270 g/mol. The van der Waals surface area contributed by atoms with Gasteiger partial charge in [-0.1, -0.05) is 0 Å². The van der Waals surface area contributed by atoms with Gasteiger partial charge < -0.3 is 9.88 Å². The van der Waals surface area contributed by atoms with Crippen LogP contribution in [-0.2, 0) is 13.0 Å². The second-order valence-corrected chi connectivity index (χ2v) is 5.67. The molecule has 0 aromatic carbocycles. The van der Waals surface area contributed by atoms with Gasteiger partial charge in [0.1, 0.15) is 0 Å². The molecule has 2 aromatic rings. The van der Waals surface area contributed by atoms with Crippen LogP contribution >= 0.6 is 0 Å². The Bertz CT molecular complexity index is 534. The summed E-state index contributed by atoms with van der Waals surface area (Å²) >= 11 is 0. The molecule has 4 heteroatoms. The van der Waals surface area contributed by atoms with Crippen LogP contribution in [0.1, 0.15) is 43.5 Å². The highest BCUT2D eigenvalue weighted by molar-refractivity contribution is 5.11. The van der Waals surface area contributed by atoms with Crippen LogP contribution in [0.5, 0.6) is 0 Å². The van der Waals surface area contributed by atoms with Crippen molar-refractivity contribution >= 4 is 0 Å². The van der Waals surface area contributed by atoms with Gasteiger partial charge in [-0.15, -0.1) is 0 Å². The van der Waals surface area contributed by atoms with E-state index in [1.807, 2.05) is 24.9 Å². The molecule has 3 rings (SSSR count). The summed E-state index contributed by atoms with van der Waals surface area (Å²) in [7, 11) is 0. The second-order valence-electron chi connectivity index (χ2n) is 5.67. The zero-order chi connectivity index (χ0) is 13.8. The van der Waals surface area contributed by atoms with Crippen molar-refractivity contribution in [3.63, 3.8) is 0 Å². The van der Waals surface area contributed by atoms with Crippen molar-refractivity contribution in [3.8, 4) is 0 Å². The molecular formula is C16H22N4. The first-order valence-corrected chi connectivity index (χ1v) is 7.48. The Balaban J connectivity index is 1.67. The third-order valence-electron chi connectivity index (χ3n) is 4.11. The first-order valence-electron chi connectivity index (χ1n) is 7.48. The standard InChI is InChI=1S/C16H22N4/c1-13-3-2-4-15(19-13)16-11-18-12-20(16)10-7-14-5-8-17-9-6-14/h5-6,8-9,11-13,15,19H,2-4,7,10H2,1H3. The lowest BCUT2D eigenvalue weighted by molar-refractivity contribution is 0.329. The molecule has 2 aromatic heterocycles. The Morgan fingerprint density at radius 2 is 2.10 bits per heavy atom. The van der Waals surface area contributed by atoms with Gasteiger partial charge in [-0.05, 0) is 50.3 Å². The van der Waals surface area contributed by atoms with E-state index < -0.39 is 0 Å². The van der Waals surface area contributed by atoms with E-state index in [1.165, 1.54) is 30.5 Å². The summed E-state index contributed by atoms with van der Waals surface area (Å²) in [6, 6.07) is 5.23. The largest absolute Gasteiger partial charge is 0.333 e. The monoisotopic (exact) mass is 270 g/mol. The molecule has 106 valence electrons. The van der Waals surface area contributed by atoms with Crippen LogP contribution in [0, 0.1) is 0 Å². The topological polar surface area (TPSA) is 42.7 Å². The van der Waals surface area contributed by atoms with Gasteiger partial charge in [-0.25, -0.2) is 4.98 Å². The minimum absolute atomic E-state index is 0.457. The SMILES string of the molecule is CC1CCCC(c2cncn2CCc2ccncc2)N1. The molecular weight excluding hydrogens is 248 g/mol. The van der Waals surface area contributed by atoms with Crippen molar-refractivity contribution in [1.29, 1.82) is 0 Å². The first-order chi connectivity index (χ1) is 9.83. The molecule has 1 fully saturated rings. The number of nitrogens with zero attached hydrogens (tertiary/aromatic N) is 3. The predicted octanol–water partition coefficient (Wildman–Crippen LogP) is 2.72. The Labute approximate surface area is 120 Å². The number of hydrogen-bond donors (Lipinski definition) is 1. The molecule has 4 nitrogen and oxygen atoms in total. The van der Waals surface area contributed by atoms with Gasteiger partial charge in [-0.2, -0.15) is 0 Å². The molecule has 1 aliphatic rings. The number of nitrogens with one attached hydrogen (secondary N) is 1. The van der Waals surface area contributed by atoms with Gasteiger partial charge in [0.15, 0.2) is 0 Å². The predicted molar refractivity (Wildman–Crippen MR) is 79.4 cm³/mol. The minimum Gasteiger partial charge on any atom is -0.333 e. The molecule has 2 atom stereocenters.